The molecule has 1 aliphatic heterocycles. The second-order valence-corrected chi connectivity index (χ2v) is 7.87. The highest BCUT2D eigenvalue weighted by Crippen LogP contribution is 2.26. The number of benzene rings is 1. The van der Waals surface area contributed by atoms with Crippen LogP contribution in [0.25, 0.3) is 11.4 Å². The number of thiophene rings is 1. The molecule has 2 amide bonds. The summed E-state index contributed by atoms with van der Waals surface area (Å²) in [6.45, 7) is 2.37. The van der Waals surface area contributed by atoms with Gasteiger partial charge < -0.3 is 15.2 Å². The van der Waals surface area contributed by atoms with Crippen LogP contribution >= 0.6 is 11.3 Å². The Hall–Kier alpha value is -3.00. The van der Waals surface area contributed by atoms with Crippen LogP contribution in [0.4, 0.5) is 10.7 Å². The molecule has 2 N–H and O–H groups in total. The first-order valence-electron chi connectivity index (χ1n) is 9.31. The average Bonchev–Trinajstić information content (AvgIpc) is 3.22. The van der Waals surface area contributed by atoms with Gasteiger partial charge in [0.2, 0.25) is 5.91 Å². The highest BCUT2D eigenvalue weighted by atomic mass is 32.1. The first-order chi connectivity index (χ1) is 13.6. The average molecular weight is 395 g/mol. The quantitative estimate of drug-likeness (QED) is 0.700. The Labute approximate surface area is 166 Å². The van der Waals surface area contributed by atoms with Crippen molar-refractivity contribution < 1.29 is 9.59 Å². The Morgan fingerprint density at radius 3 is 2.82 bits per heavy atom. The molecular weight excluding hydrogens is 374 g/mol. The van der Waals surface area contributed by atoms with Crippen LogP contribution in [0, 0.1) is 0 Å². The summed E-state index contributed by atoms with van der Waals surface area (Å²) < 4.78 is 2.19. The predicted molar refractivity (Wildman–Crippen MR) is 110 cm³/mol. The molecule has 0 bridgehead atoms. The van der Waals surface area contributed by atoms with E-state index in [2.05, 4.69) is 25.4 Å². The van der Waals surface area contributed by atoms with Crippen LogP contribution in [-0.4, -0.2) is 26.6 Å². The van der Waals surface area contributed by atoms with Gasteiger partial charge in [-0.05, 0) is 37.1 Å². The molecule has 3 aromatic rings. The number of aromatic nitrogens is 3. The zero-order valence-electron chi connectivity index (χ0n) is 15.6. The van der Waals surface area contributed by atoms with E-state index < -0.39 is 0 Å². The summed E-state index contributed by atoms with van der Waals surface area (Å²) in [5.74, 6) is 1.51. The van der Waals surface area contributed by atoms with Crippen molar-refractivity contribution in [3.8, 4) is 11.4 Å². The molecule has 0 saturated carbocycles. The van der Waals surface area contributed by atoms with Crippen molar-refractivity contribution in [2.75, 3.05) is 10.6 Å². The molecule has 1 aromatic carbocycles. The monoisotopic (exact) mass is 395 g/mol. The molecule has 0 fully saturated rings. The second-order valence-electron chi connectivity index (χ2n) is 6.78. The van der Waals surface area contributed by atoms with Gasteiger partial charge in [0.15, 0.2) is 5.82 Å². The number of fused-ring (bicyclic) bond motifs is 1. The van der Waals surface area contributed by atoms with Crippen molar-refractivity contribution in [2.24, 2.45) is 0 Å². The van der Waals surface area contributed by atoms with Gasteiger partial charge in [-0.1, -0.05) is 18.6 Å². The Balaban J connectivity index is 1.53. The lowest BCUT2D eigenvalue weighted by atomic mass is 10.2. The van der Waals surface area contributed by atoms with Crippen molar-refractivity contribution >= 4 is 33.8 Å². The maximum Gasteiger partial charge on any atom is 0.265 e. The van der Waals surface area contributed by atoms with Gasteiger partial charge in [0, 0.05) is 31.1 Å². The molecule has 7 nitrogen and oxygen atoms in total. The summed E-state index contributed by atoms with van der Waals surface area (Å²) in [6.07, 6.45) is 4.44. The summed E-state index contributed by atoms with van der Waals surface area (Å²) in [5, 5.41) is 15.0. The minimum atomic E-state index is -0.209. The van der Waals surface area contributed by atoms with E-state index >= 15 is 0 Å². The first kappa shape index (κ1) is 18.4. The van der Waals surface area contributed by atoms with E-state index in [1.165, 1.54) is 24.7 Å². The van der Waals surface area contributed by atoms with E-state index in [1.54, 1.807) is 12.1 Å². The summed E-state index contributed by atoms with van der Waals surface area (Å²) in [6, 6.07) is 11.1. The smallest absolute Gasteiger partial charge is 0.265 e. The molecule has 0 aliphatic carbocycles. The van der Waals surface area contributed by atoms with Crippen LogP contribution in [0.1, 0.15) is 41.7 Å². The van der Waals surface area contributed by atoms with E-state index in [1.807, 2.05) is 24.3 Å². The number of nitrogens with one attached hydrogen (secondary N) is 2. The Bertz CT molecular complexity index is 1020. The second kappa shape index (κ2) is 7.93. The lowest BCUT2D eigenvalue weighted by Crippen LogP contribution is -2.10. The highest BCUT2D eigenvalue weighted by molar-refractivity contribution is 7.18. The fourth-order valence-electron chi connectivity index (χ4n) is 3.33. The SMILES string of the molecule is CC(=O)Nc1ccc(C(=O)Nc2cccc(-c3nnc4n3CCCCC4)c2)s1. The molecule has 0 radical (unpaired) electrons. The van der Waals surface area contributed by atoms with Crippen LogP contribution < -0.4 is 10.6 Å². The zero-order chi connectivity index (χ0) is 19.5. The van der Waals surface area contributed by atoms with Gasteiger partial charge in [-0.3, -0.25) is 9.59 Å². The number of anilines is 2. The minimum Gasteiger partial charge on any atom is -0.321 e. The van der Waals surface area contributed by atoms with Crippen LogP contribution in [0.2, 0.25) is 0 Å². The van der Waals surface area contributed by atoms with E-state index in [4.69, 9.17) is 0 Å². The third-order valence-corrected chi connectivity index (χ3v) is 5.62. The molecule has 0 spiro atoms. The third-order valence-electron chi connectivity index (χ3n) is 4.62. The number of carbonyl (C=O) groups is 2. The molecule has 2 aromatic heterocycles. The number of amides is 2. The van der Waals surface area contributed by atoms with Gasteiger partial charge >= 0.3 is 0 Å². The van der Waals surface area contributed by atoms with E-state index in [9.17, 15) is 9.59 Å². The Kier molecular flexibility index (Phi) is 5.21. The summed E-state index contributed by atoms with van der Waals surface area (Å²) in [5.41, 5.74) is 1.63. The fraction of sp³-hybridized carbons (Fsp3) is 0.300. The van der Waals surface area contributed by atoms with Gasteiger partial charge in [0.05, 0.1) is 9.88 Å². The van der Waals surface area contributed by atoms with Crippen molar-refractivity contribution in [3.63, 3.8) is 0 Å². The molecule has 4 rings (SSSR count). The maximum absolute atomic E-state index is 12.5. The van der Waals surface area contributed by atoms with Crippen LogP contribution in [0.15, 0.2) is 36.4 Å². The topological polar surface area (TPSA) is 88.9 Å². The van der Waals surface area contributed by atoms with Crippen molar-refractivity contribution in [1.29, 1.82) is 0 Å². The first-order valence-corrected chi connectivity index (χ1v) is 10.1. The number of hydrogen-bond acceptors (Lipinski definition) is 5. The normalized spacial score (nSPS) is 13.5. The van der Waals surface area contributed by atoms with Crippen LogP contribution in [0.5, 0.6) is 0 Å². The molecule has 28 heavy (non-hydrogen) atoms. The van der Waals surface area contributed by atoms with Gasteiger partial charge in [0.25, 0.3) is 5.91 Å². The maximum atomic E-state index is 12.5. The van der Waals surface area contributed by atoms with Crippen molar-refractivity contribution in [2.45, 2.75) is 39.2 Å². The molecule has 0 unspecified atom stereocenters. The lowest BCUT2D eigenvalue weighted by Gasteiger charge is -2.09. The van der Waals surface area contributed by atoms with E-state index in [0.717, 1.165) is 43.0 Å². The molecule has 8 heteroatoms. The minimum absolute atomic E-state index is 0.158. The molecule has 3 heterocycles. The van der Waals surface area contributed by atoms with Gasteiger partial charge in [0.1, 0.15) is 5.82 Å². The Morgan fingerprint density at radius 1 is 1.07 bits per heavy atom. The lowest BCUT2D eigenvalue weighted by molar-refractivity contribution is -0.114. The van der Waals surface area contributed by atoms with Crippen molar-refractivity contribution in [3.05, 3.63) is 47.1 Å². The number of hydrogen-bond donors (Lipinski definition) is 2. The molecular formula is C20H21N5O2S. The fourth-order valence-corrected chi connectivity index (χ4v) is 4.18. The van der Waals surface area contributed by atoms with Crippen molar-refractivity contribution in [1.82, 2.24) is 14.8 Å². The standard InChI is InChI=1S/C20H21N5O2S/c1-13(26)21-18-10-9-16(28-18)20(27)22-15-7-5-6-14(12-15)19-24-23-17-8-3-2-4-11-25(17)19/h5-7,9-10,12H,2-4,8,11H2,1H3,(H,21,26)(H,22,27). The Morgan fingerprint density at radius 2 is 1.96 bits per heavy atom. The molecule has 1 aliphatic rings. The van der Waals surface area contributed by atoms with Gasteiger partial charge in [-0.15, -0.1) is 21.5 Å². The van der Waals surface area contributed by atoms with Crippen LogP contribution in [-0.2, 0) is 17.8 Å². The van der Waals surface area contributed by atoms with E-state index in [0.29, 0.717) is 15.6 Å². The number of aryl methyl sites for hydroxylation is 1. The summed E-state index contributed by atoms with van der Waals surface area (Å²) in [4.78, 5) is 24.2. The molecule has 0 saturated heterocycles. The van der Waals surface area contributed by atoms with Gasteiger partial charge in [-0.2, -0.15) is 0 Å². The highest BCUT2D eigenvalue weighted by Gasteiger charge is 2.17. The summed E-state index contributed by atoms with van der Waals surface area (Å²) in [7, 11) is 0. The van der Waals surface area contributed by atoms with E-state index in [-0.39, 0.29) is 11.8 Å². The number of nitrogens with zero attached hydrogens (tertiary/aromatic N) is 3. The largest absolute Gasteiger partial charge is 0.321 e. The molecule has 0 atom stereocenters. The van der Waals surface area contributed by atoms with Crippen LogP contribution in [0.3, 0.4) is 0 Å². The zero-order valence-corrected chi connectivity index (χ0v) is 16.4. The number of rotatable bonds is 4. The summed E-state index contributed by atoms with van der Waals surface area (Å²) >= 11 is 1.24. The number of carbonyl (C=O) groups excluding carboxylic acids is 2. The van der Waals surface area contributed by atoms with Gasteiger partial charge in [-0.25, -0.2) is 0 Å². The predicted octanol–water partition coefficient (Wildman–Crippen LogP) is 3.94. The molecule has 144 valence electrons. The third kappa shape index (κ3) is 3.96.